The molecule has 1 rings (SSSR count). The van der Waals surface area contributed by atoms with Crippen molar-refractivity contribution >= 4 is 23.5 Å². The molecule has 1 aromatic rings. The van der Waals surface area contributed by atoms with Gasteiger partial charge in [-0.1, -0.05) is 27.7 Å². The zero-order valence-electron chi connectivity index (χ0n) is 13.0. The number of rotatable bonds is 5. The summed E-state index contributed by atoms with van der Waals surface area (Å²) in [5.74, 6) is 2.26. The highest BCUT2D eigenvalue weighted by molar-refractivity contribution is 7.99. The largest absolute Gasteiger partial charge is 0.384 e. The van der Waals surface area contributed by atoms with E-state index in [1.807, 2.05) is 24.8 Å². The van der Waals surface area contributed by atoms with Crippen molar-refractivity contribution < 1.29 is 4.79 Å². The van der Waals surface area contributed by atoms with Gasteiger partial charge < -0.3 is 11.1 Å². The molecule has 4 nitrogen and oxygen atoms in total. The van der Waals surface area contributed by atoms with E-state index in [0.29, 0.717) is 11.4 Å². The molecular formula is C15H25N3OS. The Hall–Kier alpha value is -1.23. The number of amides is 1. The Morgan fingerprint density at radius 2 is 2.10 bits per heavy atom. The van der Waals surface area contributed by atoms with E-state index in [1.54, 1.807) is 6.07 Å². The smallest absolute Gasteiger partial charge is 0.251 e. The van der Waals surface area contributed by atoms with E-state index in [1.165, 1.54) is 0 Å². The zero-order chi connectivity index (χ0) is 15.3. The summed E-state index contributed by atoms with van der Waals surface area (Å²) in [7, 11) is 0. The van der Waals surface area contributed by atoms with Gasteiger partial charge in [0.2, 0.25) is 0 Å². The van der Waals surface area contributed by atoms with Crippen LogP contribution in [0.3, 0.4) is 0 Å². The van der Waals surface area contributed by atoms with Gasteiger partial charge in [0, 0.05) is 28.5 Å². The topological polar surface area (TPSA) is 68.0 Å². The Morgan fingerprint density at radius 3 is 2.65 bits per heavy atom. The molecule has 20 heavy (non-hydrogen) atoms. The summed E-state index contributed by atoms with van der Waals surface area (Å²) in [6.45, 7) is 10.3. The average Bonchev–Trinajstić information content (AvgIpc) is 2.34. The maximum absolute atomic E-state index is 12.2. The highest BCUT2D eigenvalue weighted by atomic mass is 32.2. The van der Waals surface area contributed by atoms with E-state index in [2.05, 4.69) is 38.0 Å². The fraction of sp³-hybridized carbons (Fsp3) is 0.600. The lowest BCUT2D eigenvalue weighted by Gasteiger charge is -2.19. The molecule has 0 saturated heterocycles. The SMILES string of the molecule is CCSCC(C)NC(=O)c1cc(N)nc(C(C)(C)C)c1. The van der Waals surface area contributed by atoms with Crippen LogP contribution >= 0.6 is 11.8 Å². The summed E-state index contributed by atoms with van der Waals surface area (Å²) in [4.78, 5) is 16.6. The zero-order valence-corrected chi connectivity index (χ0v) is 13.8. The summed E-state index contributed by atoms with van der Waals surface area (Å²) < 4.78 is 0. The number of carbonyl (C=O) groups is 1. The molecular weight excluding hydrogens is 270 g/mol. The van der Waals surface area contributed by atoms with Gasteiger partial charge in [0.25, 0.3) is 5.91 Å². The number of nitrogens with zero attached hydrogens (tertiary/aromatic N) is 1. The first kappa shape index (κ1) is 16.8. The number of nitrogen functional groups attached to an aromatic ring is 1. The Bertz CT molecular complexity index is 469. The Kier molecular flexibility index (Phi) is 5.87. The summed E-state index contributed by atoms with van der Waals surface area (Å²) in [5, 5.41) is 2.99. The molecule has 0 aromatic carbocycles. The molecule has 112 valence electrons. The number of hydrogen-bond donors (Lipinski definition) is 2. The van der Waals surface area contributed by atoms with Crippen molar-refractivity contribution in [3.63, 3.8) is 0 Å². The molecule has 5 heteroatoms. The van der Waals surface area contributed by atoms with Crippen LogP contribution in [0.4, 0.5) is 5.82 Å². The molecule has 0 spiro atoms. The van der Waals surface area contributed by atoms with Gasteiger partial charge in [-0.25, -0.2) is 4.98 Å². The molecule has 1 amide bonds. The summed E-state index contributed by atoms with van der Waals surface area (Å²) in [6.07, 6.45) is 0. The number of aromatic nitrogens is 1. The minimum Gasteiger partial charge on any atom is -0.384 e. The molecule has 0 saturated carbocycles. The molecule has 1 aromatic heterocycles. The maximum Gasteiger partial charge on any atom is 0.251 e. The van der Waals surface area contributed by atoms with Crippen LogP contribution in [-0.4, -0.2) is 28.4 Å². The van der Waals surface area contributed by atoms with Crippen LogP contribution in [0.25, 0.3) is 0 Å². The fourth-order valence-corrected chi connectivity index (χ4v) is 2.38. The maximum atomic E-state index is 12.2. The lowest BCUT2D eigenvalue weighted by molar-refractivity contribution is 0.0943. The third-order valence-corrected chi connectivity index (χ3v) is 3.97. The molecule has 0 aliphatic rings. The van der Waals surface area contributed by atoms with Crippen LogP contribution in [0.2, 0.25) is 0 Å². The second-order valence-corrected chi connectivity index (χ2v) is 7.27. The predicted molar refractivity (Wildman–Crippen MR) is 87.3 cm³/mol. The highest BCUT2D eigenvalue weighted by Gasteiger charge is 2.19. The number of nitrogens with one attached hydrogen (secondary N) is 1. The standard InChI is InChI=1S/C15H25N3OS/c1-6-20-9-10(2)17-14(19)11-7-12(15(3,4)5)18-13(16)8-11/h7-8,10H,6,9H2,1-5H3,(H2,16,18)(H,17,19). The number of carbonyl (C=O) groups excluding carboxylic acids is 1. The second kappa shape index (κ2) is 6.97. The van der Waals surface area contributed by atoms with Crippen molar-refractivity contribution in [3.05, 3.63) is 23.4 Å². The summed E-state index contributed by atoms with van der Waals surface area (Å²) in [6, 6.07) is 3.59. The monoisotopic (exact) mass is 295 g/mol. The summed E-state index contributed by atoms with van der Waals surface area (Å²) in [5.41, 5.74) is 7.09. The Balaban J connectivity index is 2.85. The van der Waals surface area contributed by atoms with Crippen LogP contribution in [0.1, 0.15) is 50.7 Å². The van der Waals surface area contributed by atoms with Crippen LogP contribution < -0.4 is 11.1 Å². The van der Waals surface area contributed by atoms with E-state index in [9.17, 15) is 4.79 Å². The normalized spacial score (nSPS) is 13.1. The van der Waals surface area contributed by atoms with Gasteiger partial charge >= 0.3 is 0 Å². The molecule has 3 N–H and O–H groups in total. The lowest BCUT2D eigenvalue weighted by atomic mass is 9.90. The lowest BCUT2D eigenvalue weighted by Crippen LogP contribution is -2.34. The molecule has 0 bridgehead atoms. The van der Waals surface area contributed by atoms with Gasteiger partial charge in [-0.3, -0.25) is 4.79 Å². The number of anilines is 1. The predicted octanol–water partition coefficient (Wildman–Crippen LogP) is 2.83. The van der Waals surface area contributed by atoms with Crippen LogP contribution in [0, 0.1) is 0 Å². The highest BCUT2D eigenvalue weighted by Crippen LogP contribution is 2.22. The third-order valence-electron chi connectivity index (χ3n) is 2.83. The van der Waals surface area contributed by atoms with E-state index < -0.39 is 0 Å². The second-order valence-electron chi connectivity index (χ2n) is 5.95. The first-order valence-electron chi connectivity index (χ1n) is 6.90. The van der Waals surface area contributed by atoms with Crippen molar-refractivity contribution in [1.82, 2.24) is 10.3 Å². The van der Waals surface area contributed by atoms with Crippen molar-refractivity contribution in [1.29, 1.82) is 0 Å². The van der Waals surface area contributed by atoms with Crippen molar-refractivity contribution in [2.24, 2.45) is 0 Å². The molecule has 0 aliphatic carbocycles. The van der Waals surface area contributed by atoms with Gasteiger partial charge in [-0.05, 0) is 24.8 Å². The molecule has 0 aliphatic heterocycles. The Labute approximate surface area is 125 Å². The molecule has 1 atom stereocenters. The van der Waals surface area contributed by atoms with Crippen molar-refractivity contribution in [3.8, 4) is 0 Å². The number of thioether (sulfide) groups is 1. The number of pyridine rings is 1. The minimum absolute atomic E-state index is 0.0891. The van der Waals surface area contributed by atoms with Crippen molar-refractivity contribution in [2.45, 2.75) is 46.1 Å². The first-order chi connectivity index (χ1) is 9.24. The average molecular weight is 295 g/mol. The minimum atomic E-state index is -0.131. The van der Waals surface area contributed by atoms with E-state index in [-0.39, 0.29) is 17.4 Å². The van der Waals surface area contributed by atoms with Crippen LogP contribution in [0.5, 0.6) is 0 Å². The van der Waals surface area contributed by atoms with E-state index >= 15 is 0 Å². The number of nitrogens with two attached hydrogens (primary N) is 1. The Morgan fingerprint density at radius 1 is 1.45 bits per heavy atom. The molecule has 1 unspecified atom stereocenters. The van der Waals surface area contributed by atoms with Gasteiger partial charge in [-0.2, -0.15) is 11.8 Å². The fourth-order valence-electron chi connectivity index (χ4n) is 1.71. The van der Waals surface area contributed by atoms with Gasteiger partial charge in [-0.15, -0.1) is 0 Å². The third kappa shape index (κ3) is 5.04. The molecule has 0 radical (unpaired) electrons. The summed E-state index contributed by atoms with van der Waals surface area (Å²) >= 11 is 1.81. The number of hydrogen-bond acceptors (Lipinski definition) is 4. The van der Waals surface area contributed by atoms with E-state index in [4.69, 9.17) is 5.73 Å². The van der Waals surface area contributed by atoms with Gasteiger partial charge in [0.15, 0.2) is 0 Å². The van der Waals surface area contributed by atoms with Gasteiger partial charge in [0.05, 0.1) is 0 Å². The quantitative estimate of drug-likeness (QED) is 0.876. The van der Waals surface area contributed by atoms with Crippen LogP contribution in [-0.2, 0) is 5.41 Å². The van der Waals surface area contributed by atoms with Crippen molar-refractivity contribution in [2.75, 3.05) is 17.2 Å². The molecule has 1 heterocycles. The molecule has 0 fully saturated rings. The van der Waals surface area contributed by atoms with Crippen LogP contribution in [0.15, 0.2) is 12.1 Å². The van der Waals surface area contributed by atoms with Gasteiger partial charge in [0.1, 0.15) is 5.82 Å². The first-order valence-corrected chi connectivity index (χ1v) is 8.06. The van der Waals surface area contributed by atoms with E-state index in [0.717, 1.165) is 17.2 Å².